The summed E-state index contributed by atoms with van der Waals surface area (Å²) in [6.07, 6.45) is 0. The van der Waals surface area contributed by atoms with Crippen molar-refractivity contribution in [1.82, 2.24) is 0 Å². The Morgan fingerprint density at radius 2 is 2.00 bits per heavy atom. The molecule has 0 aromatic heterocycles. The number of rotatable bonds is 5. The fraction of sp³-hybridized carbons (Fsp3) is 0.250. The Kier molecular flexibility index (Phi) is 5.32. The monoisotopic (exact) mass is 353 g/mol. The van der Waals surface area contributed by atoms with Crippen LogP contribution in [-0.4, -0.2) is 6.61 Å². The molecule has 0 fully saturated rings. The first-order valence-corrected chi connectivity index (χ1v) is 7.72. The minimum absolute atomic E-state index is 0.101. The van der Waals surface area contributed by atoms with E-state index in [9.17, 15) is 0 Å². The van der Waals surface area contributed by atoms with E-state index in [-0.39, 0.29) is 6.04 Å². The van der Waals surface area contributed by atoms with Gasteiger partial charge in [-0.05, 0) is 38.1 Å². The van der Waals surface area contributed by atoms with Crippen LogP contribution in [-0.2, 0) is 0 Å². The molecule has 2 nitrogen and oxygen atoms in total. The minimum atomic E-state index is 0.101. The van der Waals surface area contributed by atoms with E-state index in [0.29, 0.717) is 11.6 Å². The highest BCUT2D eigenvalue weighted by molar-refractivity contribution is 9.10. The summed E-state index contributed by atoms with van der Waals surface area (Å²) in [5, 5.41) is 4.13. The fourth-order valence-corrected chi connectivity index (χ4v) is 2.58. The van der Waals surface area contributed by atoms with Crippen LogP contribution in [0.5, 0.6) is 5.75 Å². The molecule has 0 heterocycles. The highest BCUT2D eigenvalue weighted by Gasteiger charge is 2.12. The first kappa shape index (κ1) is 15.2. The second-order valence-electron chi connectivity index (χ2n) is 4.46. The van der Waals surface area contributed by atoms with Crippen LogP contribution in [0.25, 0.3) is 0 Å². The summed E-state index contributed by atoms with van der Waals surface area (Å²) >= 11 is 9.67. The Bertz CT molecular complexity index is 588. The maximum absolute atomic E-state index is 6.21. The second-order valence-corrected chi connectivity index (χ2v) is 5.78. The highest BCUT2D eigenvalue weighted by atomic mass is 79.9. The van der Waals surface area contributed by atoms with Gasteiger partial charge in [0.25, 0.3) is 0 Å². The van der Waals surface area contributed by atoms with Crippen LogP contribution in [0.3, 0.4) is 0 Å². The number of anilines is 1. The van der Waals surface area contributed by atoms with Crippen molar-refractivity contribution in [2.24, 2.45) is 0 Å². The molecule has 2 aromatic carbocycles. The van der Waals surface area contributed by atoms with E-state index < -0.39 is 0 Å². The molecular weight excluding hydrogens is 338 g/mol. The Balaban J connectivity index is 2.23. The van der Waals surface area contributed by atoms with Crippen molar-refractivity contribution in [3.63, 3.8) is 0 Å². The van der Waals surface area contributed by atoms with E-state index >= 15 is 0 Å². The van der Waals surface area contributed by atoms with Crippen molar-refractivity contribution in [3.8, 4) is 5.75 Å². The standard InChI is InChI=1S/C16H17BrClNO/c1-3-20-16-7-5-4-6-13(16)11(2)19-15-10-12(17)8-9-14(15)18/h4-11,19H,3H2,1-2H3. The Hall–Kier alpha value is -1.19. The number of hydrogen-bond donors (Lipinski definition) is 1. The zero-order valence-corrected chi connectivity index (χ0v) is 13.8. The van der Waals surface area contributed by atoms with E-state index in [1.807, 2.05) is 43.3 Å². The van der Waals surface area contributed by atoms with Gasteiger partial charge in [0.1, 0.15) is 5.75 Å². The Labute approximate surface area is 133 Å². The summed E-state index contributed by atoms with van der Waals surface area (Å²) in [7, 11) is 0. The van der Waals surface area contributed by atoms with Crippen LogP contribution >= 0.6 is 27.5 Å². The second kappa shape index (κ2) is 7.00. The summed E-state index contributed by atoms with van der Waals surface area (Å²) in [5.41, 5.74) is 2.02. The molecule has 20 heavy (non-hydrogen) atoms. The SMILES string of the molecule is CCOc1ccccc1C(C)Nc1cc(Br)ccc1Cl. The lowest BCUT2D eigenvalue weighted by molar-refractivity contribution is 0.335. The summed E-state index contributed by atoms with van der Waals surface area (Å²) in [4.78, 5) is 0. The van der Waals surface area contributed by atoms with Gasteiger partial charge in [0.05, 0.1) is 23.4 Å². The van der Waals surface area contributed by atoms with Crippen molar-refractivity contribution in [2.75, 3.05) is 11.9 Å². The number of para-hydroxylation sites is 1. The smallest absolute Gasteiger partial charge is 0.124 e. The van der Waals surface area contributed by atoms with Crippen molar-refractivity contribution >= 4 is 33.2 Å². The van der Waals surface area contributed by atoms with Gasteiger partial charge in [0.2, 0.25) is 0 Å². The number of hydrogen-bond acceptors (Lipinski definition) is 2. The Morgan fingerprint density at radius 1 is 1.25 bits per heavy atom. The maximum atomic E-state index is 6.21. The van der Waals surface area contributed by atoms with E-state index in [4.69, 9.17) is 16.3 Å². The first-order valence-electron chi connectivity index (χ1n) is 6.55. The third-order valence-corrected chi connectivity index (χ3v) is 3.81. The molecule has 4 heteroatoms. The van der Waals surface area contributed by atoms with Gasteiger partial charge < -0.3 is 10.1 Å². The lowest BCUT2D eigenvalue weighted by atomic mass is 10.1. The molecule has 0 saturated heterocycles. The van der Waals surface area contributed by atoms with E-state index in [1.165, 1.54) is 0 Å². The molecular formula is C16H17BrClNO. The number of nitrogens with one attached hydrogen (secondary N) is 1. The van der Waals surface area contributed by atoms with E-state index in [1.54, 1.807) is 0 Å². The van der Waals surface area contributed by atoms with Crippen LogP contribution in [0.4, 0.5) is 5.69 Å². The van der Waals surface area contributed by atoms with Crippen LogP contribution in [0.15, 0.2) is 46.9 Å². The lowest BCUT2D eigenvalue weighted by Gasteiger charge is -2.19. The summed E-state index contributed by atoms with van der Waals surface area (Å²) in [5.74, 6) is 0.904. The predicted molar refractivity (Wildman–Crippen MR) is 88.8 cm³/mol. The zero-order valence-electron chi connectivity index (χ0n) is 11.5. The topological polar surface area (TPSA) is 21.3 Å². The van der Waals surface area contributed by atoms with Crippen molar-refractivity contribution < 1.29 is 4.74 Å². The van der Waals surface area contributed by atoms with Crippen LogP contribution in [0.2, 0.25) is 5.02 Å². The average molecular weight is 355 g/mol. The fourth-order valence-electron chi connectivity index (χ4n) is 2.04. The molecule has 0 aliphatic rings. The molecule has 2 aromatic rings. The quantitative estimate of drug-likeness (QED) is 0.746. The lowest BCUT2D eigenvalue weighted by Crippen LogP contribution is -2.09. The Morgan fingerprint density at radius 3 is 2.75 bits per heavy atom. The first-order chi connectivity index (χ1) is 9.61. The summed E-state index contributed by atoms with van der Waals surface area (Å²) in [6.45, 7) is 4.73. The van der Waals surface area contributed by atoms with Gasteiger partial charge >= 0.3 is 0 Å². The van der Waals surface area contributed by atoms with E-state index in [0.717, 1.165) is 21.5 Å². The molecule has 106 valence electrons. The molecule has 0 saturated carbocycles. The molecule has 1 N–H and O–H groups in total. The molecule has 0 aliphatic carbocycles. The van der Waals surface area contributed by atoms with Crippen LogP contribution < -0.4 is 10.1 Å². The molecule has 2 rings (SSSR count). The molecule has 0 spiro atoms. The molecule has 0 radical (unpaired) electrons. The van der Waals surface area contributed by atoms with Gasteiger partial charge in [-0.15, -0.1) is 0 Å². The average Bonchev–Trinajstić information content (AvgIpc) is 2.44. The normalized spacial score (nSPS) is 12.0. The van der Waals surface area contributed by atoms with E-state index in [2.05, 4.69) is 34.2 Å². The highest BCUT2D eigenvalue weighted by Crippen LogP contribution is 2.32. The zero-order chi connectivity index (χ0) is 14.5. The molecule has 1 atom stereocenters. The van der Waals surface area contributed by atoms with Crippen molar-refractivity contribution in [1.29, 1.82) is 0 Å². The van der Waals surface area contributed by atoms with Gasteiger partial charge in [-0.3, -0.25) is 0 Å². The molecule has 0 aliphatic heterocycles. The van der Waals surface area contributed by atoms with Crippen LogP contribution in [0.1, 0.15) is 25.5 Å². The van der Waals surface area contributed by atoms with Gasteiger partial charge in [0, 0.05) is 10.0 Å². The van der Waals surface area contributed by atoms with Gasteiger partial charge in [-0.1, -0.05) is 45.7 Å². The number of benzene rings is 2. The number of halogens is 2. The third kappa shape index (κ3) is 3.68. The van der Waals surface area contributed by atoms with Crippen molar-refractivity contribution in [2.45, 2.75) is 19.9 Å². The predicted octanol–water partition coefficient (Wildman–Crippen LogP) is 5.67. The van der Waals surface area contributed by atoms with Crippen molar-refractivity contribution in [3.05, 3.63) is 57.5 Å². The van der Waals surface area contributed by atoms with Gasteiger partial charge in [-0.25, -0.2) is 0 Å². The molecule has 1 unspecified atom stereocenters. The van der Waals surface area contributed by atoms with Crippen LogP contribution in [0, 0.1) is 0 Å². The largest absolute Gasteiger partial charge is 0.494 e. The maximum Gasteiger partial charge on any atom is 0.124 e. The number of ether oxygens (including phenoxy) is 1. The van der Waals surface area contributed by atoms with Gasteiger partial charge in [0.15, 0.2) is 0 Å². The third-order valence-electron chi connectivity index (χ3n) is 2.99. The summed E-state index contributed by atoms with van der Waals surface area (Å²) in [6, 6.07) is 13.9. The molecule has 0 amide bonds. The summed E-state index contributed by atoms with van der Waals surface area (Å²) < 4.78 is 6.66. The minimum Gasteiger partial charge on any atom is -0.494 e. The molecule has 0 bridgehead atoms. The van der Waals surface area contributed by atoms with Gasteiger partial charge in [-0.2, -0.15) is 0 Å².